The summed E-state index contributed by atoms with van der Waals surface area (Å²) in [5.74, 6) is 1.37. The monoisotopic (exact) mass is 1170 g/mol. The summed E-state index contributed by atoms with van der Waals surface area (Å²) in [4.78, 5) is 15.0. The zero-order valence-corrected chi connectivity index (χ0v) is 48.1. The Balaban J connectivity index is 1.23. The van der Waals surface area contributed by atoms with Crippen LogP contribution in [0, 0.1) is 10.8 Å². The zero-order valence-electron chi connectivity index (χ0n) is 43.3. The van der Waals surface area contributed by atoms with Crippen LogP contribution >= 0.6 is 54.5 Å². The van der Waals surface area contributed by atoms with Crippen molar-refractivity contribution in [1.29, 1.82) is 10.8 Å². The van der Waals surface area contributed by atoms with Crippen molar-refractivity contribution in [2.45, 2.75) is 52.4 Å². The Morgan fingerprint density at radius 3 is 1.16 bits per heavy atom. The van der Waals surface area contributed by atoms with Gasteiger partial charge in [-0.3, -0.25) is 10.8 Å². The molecule has 1 aliphatic rings. The van der Waals surface area contributed by atoms with Gasteiger partial charge in [0.25, 0.3) is 0 Å². The lowest BCUT2D eigenvalue weighted by atomic mass is 9.86. The fourth-order valence-electron chi connectivity index (χ4n) is 7.84. The Morgan fingerprint density at radius 2 is 0.770 bits per heavy atom. The quantitative estimate of drug-likeness (QED) is 0.0344. The number of fused-ring (bicyclic) bond motifs is 1. The van der Waals surface area contributed by atoms with E-state index >= 15 is 0 Å². The van der Waals surface area contributed by atoms with Crippen molar-refractivity contribution in [2.75, 3.05) is 103 Å². The van der Waals surface area contributed by atoms with E-state index in [0.29, 0.717) is 137 Å². The fraction of sp³-hybridized carbons (Fsp3) is 0.414. The Labute approximate surface area is 460 Å². The van der Waals surface area contributed by atoms with E-state index in [4.69, 9.17) is 47.9 Å². The van der Waals surface area contributed by atoms with Gasteiger partial charge in [0.15, 0.2) is 0 Å². The van der Waals surface area contributed by atoms with Crippen LogP contribution in [0.4, 0.5) is 0 Å². The normalized spacial score (nSPS) is 13.0. The van der Waals surface area contributed by atoms with Crippen molar-refractivity contribution in [3.63, 3.8) is 0 Å². The summed E-state index contributed by atoms with van der Waals surface area (Å²) in [6.45, 7) is 20.1. The highest BCUT2D eigenvalue weighted by atomic mass is 79.9. The molecule has 74 heavy (non-hydrogen) atoms. The van der Waals surface area contributed by atoms with E-state index in [1.54, 1.807) is 22.7 Å². The number of nitrogens with zero attached hydrogens (tertiary/aromatic N) is 2. The van der Waals surface area contributed by atoms with Gasteiger partial charge in [0.05, 0.1) is 102 Å². The van der Waals surface area contributed by atoms with Crippen LogP contribution in [-0.2, 0) is 39.3 Å². The van der Waals surface area contributed by atoms with Gasteiger partial charge in [-0.05, 0) is 94.8 Å². The maximum Gasteiger partial charge on any atom is 0.119 e. The van der Waals surface area contributed by atoms with Crippen molar-refractivity contribution < 1.29 is 37.9 Å². The minimum atomic E-state index is -0.111. The minimum absolute atomic E-state index is 0.0290. The summed E-state index contributed by atoms with van der Waals surface area (Å²) in [5.41, 5.74) is 6.54. The summed E-state index contributed by atoms with van der Waals surface area (Å²) in [7, 11) is 0. The van der Waals surface area contributed by atoms with Crippen LogP contribution < -0.4 is 20.2 Å². The average molecular weight is 1170 g/mol. The van der Waals surface area contributed by atoms with Crippen LogP contribution in [0.3, 0.4) is 0 Å². The summed E-state index contributed by atoms with van der Waals surface area (Å²) in [6, 6.07) is 32.7. The molecule has 0 saturated heterocycles. The molecule has 0 fully saturated rings. The first-order valence-corrected chi connectivity index (χ1v) is 28.9. The van der Waals surface area contributed by atoms with Gasteiger partial charge in [0.2, 0.25) is 0 Å². The van der Waals surface area contributed by atoms with Crippen LogP contribution in [0.2, 0.25) is 0 Å². The SMILES string of the molecule is CC(C)(C)c1ccc(-c2ccc(C3=c4nc(-c5ccc(OCCOCCOCCOCCBr)cc5)c(-c5ccc(OCCOCCOCCOCCBr)cc5)nc4=C(c4ccc(C(C)(C)C)s4)C(=N)C3=N)s2)cc1. The first kappa shape index (κ1) is 57.2. The smallest absolute Gasteiger partial charge is 0.119 e. The Hall–Kier alpha value is -4.46. The molecule has 0 radical (unpaired) electrons. The third kappa shape index (κ3) is 15.8. The van der Waals surface area contributed by atoms with Crippen LogP contribution in [0.25, 0.3) is 44.1 Å². The minimum Gasteiger partial charge on any atom is -0.491 e. The van der Waals surface area contributed by atoms with E-state index in [0.717, 1.165) is 42.0 Å². The number of ether oxygens (including phenoxy) is 8. The third-order valence-electron chi connectivity index (χ3n) is 11.8. The molecule has 0 unspecified atom stereocenters. The van der Waals surface area contributed by atoms with E-state index in [9.17, 15) is 10.8 Å². The van der Waals surface area contributed by atoms with Gasteiger partial charge in [-0.1, -0.05) is 97.7 Å². The number of thiophene rings is 2. The Bertz CT molecular complexity index is 2890. The lowest BCUT2D eigenvalue weighted by Gasteiger charge is -2.20. The first-order valence-electron chi connectivity index (χ1n) is 25.0. The molecule has 0 atom stereocenters. The molecule has 3 aromatic carbocycles. The molecule has 394 valence electrons. The molecule has 0 amide bonds. The second-order valence-electron chi connectivity index (χ2n) is 19.3. The summed E-state index contributed by atoms with van der Waals surface area (Å²) >= 11 is 9.93. The number of benzene rings is 3. The highest BCUT2D eigenvalue weighted by Gasteiger charge is 2.30. The topological polar surface area (TPSA) is 147 Å². The molecule has 2 N–H and O–H groups in total. The number of hydrogen-bond acceptors (Lipinski definition) is 14. The zero-order chi connectivity index (χ0) is 52.5. The standard InChI is InChI=1S/C58H68Br2N4O8S2/c1-57(2,3)42-13-7-39(8-14-42)45-19-20-46(73-45)49-51(61)52(62)50(47-21-22-48(74-47)58(4,5)6)56-55(49)63-53(40-9-15-43(16-10-40)71-37-35-69-33-31-67-29-27-65-25-23-59)54(64-56)41-11-17-44(18-12-41)72-38-36-70-34-32-68-30-28-66-26-24-60/h7-22,61-62H,23-38H2,1-6H3. The van der Waals surface area contributed by atoms with E-state index in [1.165, 1.54) is 10.4 Å². The van der Waals surface area contributed by atoms with E-state index in [2.05, 4.69) is 116 Å². The highest BCUT2D eigenvalue weighted by Crippen LogP contribution is 2.38. The second kappa shape index (κ2) is 28.1. The summed E-state index contributed by atoms with van der Waals surface area (Å²) < 4.78 is 45.7. The molecule has 3 heterocycles. The summed E-state index contributed by atoms with van der Waals surface area (Å²) in [6.07, 6.45) is 0. The van der Waals surface area contributed by atoms with Crippen molar-refractivity contribution in [3.05, 3.63) is 128 Å². The number of rotatable bonds is 29. The molecule has 6 aromatic rings. The maximum absolute atomic E-state index is 9.77. The predicted octanol–water partition coefficient (Wildman–Crippen LogP) is 11.3. The van der Waals surface area contributed by atoms with Gasteiger partial charge in [-0.2, -0.15) is 0 Å². The van der Waals surface area contributed by atoms with Gasteiger partial charge in [0.1, 0.15) is 35.4 Å². The molecule has 16 heteroatoms. The largest absolute Gasteiger partial charge is 0.491 e. The number of halogens is 2. The van der Waals surface area contributed by atoms with Crippen molar-refractivity contribution in [2.24, 2.45) is 0 Å². The molecule has 0 spiro atoms. The van der Waals surface area contributed by atoms with Gasteiger partial charge in [0, 0.05) is 52.4 Å². The maximum atomic E-state index is 9.77. The van der Waals surface area contributed by atoms with Gasteiger partial charge in [-0.25, -0.2) is 9.97 Å². The molecule has 0 saturated carbocycles. The second-order valence-corrected chi connectivity index (χ2v) is 23.1. The van der Waals surface area contributed by atoms with Crippen LogP contribution in [0.15, 0.2) is 97.1 Å². The molecule has 7 rings (SSSR count). The van der Waals surface area contributed by atoms with E-state index < -0.39 is 0 Å². The Kier molecular flexibility index (Phi) is 21.7. The van der Waals surface area contributed by atoms with Gasteiger partial charge < -0.3 is 37.9 Å². The molecular formula is C58H68Br2N4O8S2. The van der Waals surface area contributed by atoms with Crippen molar-refractivity contribution in [3.8, 4) is 44.5 Å². The Morgan fingerprint density at radius 1 is 0.405 bits per heavy atom. The number of aromatic nitrogens is 2. The number of alkyl halides is 2. The van der Waals surface area contributed by atoms with Crippen LogP contribution in [0.1, 0.15) is 61.7 Å². The lowest BCUT2D eigenvalue weighted by Crippen LogP contribution is -2.45. The van der Waals surface area contributed by atoms with Gasteiger partial charge in [-0.15, -0.1) is 22.7 Å². The lowest BCUT2D eigenvalue weighted by molar-refractivity contribution is 0.0119. The summed E-state index contributed by atoms with van der Waals surface area (Å²) in [5, 5.41) is 22.2. The number of hydrogen-bond donors (Lipinski definition) is 2. The molecular weight excluding hydrogens is 1100 g/mol. The van der Waals surface area contributed by atoms with E-state index in [1.807, 2.05) is 54.6 Å². The molecule has 0 aliphatic heterocycles. The van der Waals surface area contributed by atoms with Crippen molar-refractivity contribution >= 4 is 77.1 Å². The molecule has 3 aromatic heterocycles. The molecule has 1 aliphatic carbocycles. The average Bonchev–Trinajstić information content (AvgIpc) is 4.10. The molecule has 0 bridgehead atoms. The predicted molar refractivity (Wildman–Crippen MR) is 308 cm³/mol. The number of nitrogens with one attached hydrogen (secondary N) is 2. The van der Waals surface area contributed by atoms with Gasteiger partial charge >= 0.3 is 0 Å². The van der Waals surface area contributed by atoms with Crippen LogP contribution in [0.5, 0.6) is 11.5 Å². The first-order chi connectivity index (χ1) is 35.8. The van der Waals surface area contributed by atoms with E-state index in [-0.39, 0.29) is 22.3 Å². The molecule has 12 nitrogen and oxygen atoms in total. The third-order valence-corrected chi connectivity index (χ3v) is 15.1. The van der Waals surface area contributed by atoms with Crippen molar-refractivity contribution in [1.82, 2.24) is 9.97 Å². The fourth-order valence-corrected chi connectivity index (χ4v) is 10.5. The highest BCUT2D eigenvalue weighted by molar-refractivity contribution is 9.09. The van der Waals surface area contributed by atoms with Crippen LogP contribution in [-0.4, -0.2) is 125 Å².